The largest absolute Gasteiger partial charge is 0.481 e. The lowest BCUT2D eigenvalue weighted by Gasteiger charge is -2.24. The van der Waals surface area contributed by atoms with Crippen molar-refractivity contribution in [1.82, 2.24) is 21.3 Å². The van der Waals surface area contributed by atoms with Crippen molar-refractivity contribution in [2.24, 2.45) is 28.1 Å². The van der Waals surface area contributed by atoms with Crippen molar-refractivity contribution in [2.75, 3.05) is 13.1 Å². The number of carbonyl (C=O) groups is 6. The third-order valence-corrected chi connectivity index (χ3v) is 4.83. The van der Waals surface area contributed by atoms with Gasteiger partial charge in [0.1, 0.15) is 18.1 Å². The van der Waals surface area contributed by atoms with Crippen molar-refractivity contribution in [1.29, 1.82) is 0 Å². The number of carbonyl (C=O) groups excluding carboxylic acids is 4. The van der Waals surface area contributed by atoms with Gasteiger partial charge < -0.3 is 48.7 Å². The number of amides is 4. The van der Waals surface area contributed by atoms with Gasteiger partial charge in [0.05, 0.1) is 19.0 Å². The van der Waals surface area contributed by atoms with Gasteiger partial charge in [-0.15, -0.1) is 0 Å². The molecule has 16 heteroatoms. The molecule has 12 N–H and O–H groups in total. The van der Waals surface area contributed by atoms with Gasteiger partial charge in [-0.25, -0.2) is 0 Å². The molecule has 0 heterocycles. The van der Waals surface area contributed by atoms with E-state index in [2.05, 4.69) is 26.3 Å². The van der Waals surface area contributed by atoms with E-state index in [9.17, 15) is 28.8 Å². The van der Waals surface area contributed by atoms with Gasteiger partial charge in [-0.2, -0.15) is 0 Å². The van der Waals surface area contributed by atoms with Crippen molar-refractivity contribution in [3.63, 3.8) is 0 Å². The van der Waals surface area contributed by atoms with E-state index in [0.717, 1.165) is 0 Å². The van der Waals surface area contributed by atoms with Crippen LogP contribution in [0.15, 0.2) is 4.99 Å². The molecule has 0 aromatic heterocycles. The highest BCUT2D eigenvalue weighted by atomic mass is 16.4. The predicted octanol–water partition coefficient (Wildman–Crippen LogP) is -3.44. The van der Waals surface area contributed by atoms with E-state index in [-0.39, 0.29) is 31.3 Å². The summed E-state index contributed by atoms with van der Waals surface area (Å²) in [5.74, 6) is -6.15. The van der Waals surface area contributed by atoms with E-state index < -0.39 is 72.7 Å². The number of carboxylic acid groups (broad SMARTS) is 2. The Kier molecular flexibility index (Phi) is 14.9. The summed E-state index contributed by atoms with van der Waals surface area (Å²) in [6, 6.07) is -4.94. The average Bonchev–Trinajstić information content (AvgIpc) is 2.78. The van der Waals surface area contributed by atoms with Gasteiger partial charge in [0.2, 0.25) is 23.6 Å². The van der Waals surface area contributed by atoms with Crippen LogP contribution in [-0.4, -0.2) is 89.0 Å². The first-order valence-corrected chi connectivity index (χ1v) is 11.6. The van der Waals surface area contributed by atoms with Crippen molar-refractivity contribution < 1.29 is 39.0 Å². The van der Waals surface area contributed by atoms with Crippen LogP contribution in [0.3, 0.4) is 0 Å². The zero-order valence-electron chi connectivity index (χ0n) is 21.2. The molecule has 0 radical (unpaired) electrons. The fraction of sp³-hybridized carbons (Fsp3) is 0.667. The molecule has 0 rings (SSSR count). The summed E-state index contributed by atoms with van der Waals surface area (Å²) < 4.78 is 0. The first-order valence-electron chi connectivity index (χ1n) is 11.6. The lowest BCUT2D eigenvalue weighted by atomic mass is 10.0. The lowest BCUT2D eigenvalue weighted by molar-refractivity contribution is -0.143. The predicted molar refractivity (Wildman–Crippen MR) is 132 cm³/mol. The van der Waals surface area contributed by atoms with Crippen molar-refractivity contribution in [3.05, 3.63) is 0 Å². The Bertz CT molecular complexity index is 859. The summed E-state index contributed by atoms with van der Waals surface area (Å²) in [5.41, 5.74) is 16.1. The molecule has 0 spiro atoms. The fourth-order valence-corrected chi connectivity index (χ4v) is 2.93. The summed E-state index contributed by atoms with van der Waals surface area (Å²) in [4.78, 5) is 75.6. The van der Waals surface area contributed by atoms with E-state index in [0.29, 0.717) is 6.42 Å². The van der Waals surface area contributed by atoms with E-state index in [1.807, 2.05) is 0 Å². The van der Waals surface area contributed by atoms with E-state index in [4.69, 9.17) is 27.4 Å². The Balaban J connectivity index is 5.11. The minimum atomic E-state index is -1.57. The molecule has 4 atom stereocenters. The standard InChI is InChI=1S/C21H38N8O8/c1-10(2)7-13(18(34)27-11(3)20(36)37)29-19(35)14(8-16(31)32)28-15(30)9-26-17(33)12(22)5-4-6-25-21(23)24/h10-14H,4-9,22H2,1-3H3,(H,26,33)(H,27,34)(H,28,30)(H,29,35)(H,31,32)(H,36,37)(H4,23,24,25)/t11-,12-,13-,14-/m0/s1. The fourth-order valence-electron chi connectivity index (χ4n) is 2.93. The molecule has 0 aromatic carbocycles. The summed E-state index contributed by atoms with van der Waals surface area (Å²) in [6.07, 6.45) is -0.0455. The Labute approximate surface area is 214 Å². The van der Waals surface area contributed by atoms with Crippen LogP contribution in [0.1, 0.15) is 46.5 Å². The molecular formula is C21H38N8O8. The van der Waals surface area contributed by atoms with Crippen LogP contribution in [0.5, 0.6) is 0 Å². The first-order chi connectivity index (χ1) is 17.1. The van der Waals surface area contributed by atoms with Crippen LogP contribution in [0, 0.1) is 5.92 Å². The van der Waals surface area contributed by atoms with Gasteiger partial charge in [0.15, 0.2) is 5.96 Å². The molecule has 0 unspecified atom stereocenters. The topological polar surface area (TPSA) is 281 Å². The highest BCUT2D eigenvalue weighted by Crippen LogP contribution is 2.07. The number of nitrogens with zero attached hydrogens (tertiary/aromatic N) is 1. The number of hydrogen-bond donors (Lipinski definition) is 9. The van der Waals surface area contributed by atoms with E-state index in [1.165, 1.54) is 6.92 Å². The van der Waals surface area contributed by atoms with Gasteiger partial charge >= 0.3 is 11.9 Å². The van der Waals surface area contributed by atoms with Gasteiger partial charge in [0.25, 0.3) is 0 Å². The average molecular weight is 531 g/mol. The number of aliphatic imine (C=N–C) groups is 1. The van der Waals surface area contributed by atoms with Crippen LogP contribution < -0.4 is 38.5 Å². The highest BCUT2D eigenvalue weighted by Gasteiger charge is 2.30. The molecule has 0 aromatic rings. The number of nitrogens with two attached hydrogens (primary N) is 3. The second kappa shape index (κ2) is 16.7. The van der Waals surface area contributed by atoms with E-state index in [1.54, 1.807) is 13.8 Å². The zero-order valence-corrected chi connectivity index (χ0v) is 21.2. The maximum Gasteiger partial charge on any atom is 0.325 e. The quantitative estimate of drug-likeness (QED) is 0.0506. The SMILES string of the molecule is CC(C)C[C@H](NC(=O)[C@H](CC(=O)O)NC(=O)CNC(=O)[C@@H](N)CCCN=C(N)N)C(=O)N[C@@H](C)C(=O)O. The molecular weight excluding hydrogens is 492 g/mol. The van der Waals surface area contributed by atoms with Crippen molar-refractivity contribution >= 4 is 41.5 Å². The van der Waals surface area contributed by atoms with Gasteiger partial charge in [-0.05, 0) is 32.1 Å². The summed E-state index contributed by atoms with van der Waals surface area (Å²) >= 11 is 0. The van der Waals surface area contributed by atoms with Crippen LogP contribution in [0.2, 0.25) is 0 Å². The summed E-state index contributed by atoms with van der Waals surface area (Å²) in [7, 11) is 0. The minimum absolute atomic E-state index is 0.0948. The molecule has 0 aliphatic heterocycles. The monoisotopic (exact) mass is 530 g/mol. The second-order valence-electron chi connectivity index (χ2n) is 8.75. The maximum atomic E-state index is 12.7. The number of rotatable bonds is 17. The maximum absolute atomic E-state index is 12.7. The molecule has 0 saturated heterocycles. The molecule has 16 nitrogen and oxygen atoms in total. The molecule has 0 bridgehead atoms. The number of carboxylic acids is 2. The Morgan fingerprint density at radius 3 is 1.97 bits per heavy atom. The first kappa shape index (κ1) is 33.0. The summed E-state index contributed by atoms with van der Waals surface area (Å²) in [5, 5.41) is 27.2. The smallest absolute Gasteiger partial charge is 0.325 e. The molecule has 4 amide bonds. The Morgan fingerprint density at radius 2 is 1.46 bits per heavy atom. The van der Waals surface area contributed by atoms with Crippen LogP contribution in [-0.2, 0) is 28.8 Å². The molecule has 210 valence electrons. The zero-order chi connectivity index (χ0) is 28.7. The highest BCUT2D eigenvalue weighted by molar-refractivity contribution is 5.95. The minimum Gasteiger partial charge on any atom is -0.481 e. The number of hydrogen-bond acceptors (Lipinski definition) is 8. The van der Waals surface area contributed by atoms with Gasteiger partial charge in [-0.3, -0.25) is 33.8 Å². The molecule has 0 saturated carbocycles. The molecule has 0 fully saturated rings. The third kappa shape index (κ3) is 14.9. The number of nitrogens with one attached hydrogen (secondary N) is 4. The van der Waals surface area contributed by atoms with Crippen molar-refractivity contribution in [2.45, 2.75) is 70.6 Å². The number of aliphatic carboxylic acids is 2. The van der Waals surface area contributed by atoms with Gasteiger partial charge in [-0.1, -0.05) is 13.8 Å². The molecule has 0 aliphatic rings. The lowest BCUT2D eigenvalue weighted by Crippen LogP contribution is -2.57. The van der Waals surface area contributed by atoms with Crippen molar-refractivity contribution in [3.8, 4) is 0 Å². The van der Waals surface area contributed by atoms with E-state index >= 15 is 0 Å². The normalized spacial score (nSPS) is 13.9. The Hall–Kier alpha value is -3.95. The van der Waals surface area contributed by atoms with Gasteiger partial charge in [0, 0.05) is 6.54 Å². The third-order valence-electron chi connectivity index (χ3n) is 4.83. The van der Waals surface area contributed by atoms with Crippen LogP contribution in [0.4, 0.5) is 0 Å². The Morgan fingerprint density at radius 1 is 0.865 bits per heavy atom. The molecule has 0 aliphatic carbocycles. The van der Waals surface area contributed by atoms with Crippen LogP contribution >= 0.6 is 0 Å². The molecule has 37 heavy (non-hydrogen) atoms. The summed E-state index contributed by atoms with van der Waals surface area (Å²) in [6.45, 7) is 4.44. The number of guanidine groups is 1. The second-order valence-corrected chi connectivity index (χ2v) is 8.75. The van der Waals surface area contributed by atoms with Crippen LogP contribution in [0.25, 0.3) is 0 Å².